The van der Waals surface area contributed by atoms with Gasteiger partial charge in [-0.15, -0.1) is 0 Å². The molecule has 0 spiro atoms. The first-order chi connectivity index (χ1) is 11.2. The minimum Gasteiger partial charge on any atom is -0.233 e. The van der Waals surface area contributed by atoms with Gasteiger partial charge in [0, 0.05) is 21.7 Å². The molecule has 23 heavy (non-hydrogen) atoms. The maximum absolute atomic E-state index is 6.00. The number of para-hydroxylation sites is 1. The number of hydrogen-bond acceptors (Lipinski definition) is 2. The zero-order valence-electron chi connectivity index (χ0n) is 12.6. The quantitative estimate of drug-likeness (QED) is 0.517. The van der Waals surface area contributed by atoms with Crippen LogP contribution in [0.25, 0.3) is 28.0 Å². The largest absolute Gasteiger partial charge is 0.233 e. The van der Waals surface area contributed by atoms with E-state index in [1.807, 2.05) is 72.3 Å². The van der Waals surface area contributed by atoms with Crippen LogP contribution in [0, 0.1) is 6.92 Å². The lowest BCUT2D eigenvalue weighted by Gasteiger charge is -2.02. The van der Waals surface area contributed by atoms with Crippen LogP contribution in [-0.4, -0.2) is 14.8 Å². The molecule has 2 aromatic carbocycles. The summed E-state index contributed by atoms with van der Waals surface area (Å²) in [6, 6.07) is 21.9. The van der Waals surface area contributed by atoms with Gasteiger partial charge < -0.3 is 0 Å². The summed E-state index contributed by atoms with van der Waals surface area (Å²) in [6.45, 7) is 1.99. The Morgan fingerprint density at radius 3 is 2.35 bits per heavy atom. The maximum Gasteiger partial charge on any atom is 0.163 e. The number of benzene rings is 2. The third-order valence-corrected chi connectivity index (χ3v) is 4.04. The van der Waals surface area contributed by atoms with Gasteiger partial charge in [0.05, 0.1) is 5.69 Å². The molecule has 4 aromatic rings. The van der Waals surface area contributed by atoms with E-state index in [1.165, 1.54) is 0 Å². The van der Waals surface area contributed by atoms with Crippen LogP contribution in [0.2, 0.25) is 5.02 Å². The number of nitrogens with zero attached hydrogens (tertiary/aromatic N) is 3. The van der Waals surface area contributed by atoms with Crippen molar-refractivity contribution in [1.82, 2.24) is 14.8 Å². The second-order valence-corrected chi connectivity index (χ2v) is 5.86. The first-order valence-corrected chi connectivity index (χ1v) is 7.78. The highest BCUT2D eigenvalue weighted by Gasteiger charge is 2.14. The molecule has 0 aliphatic rings. The van der Waals surface area contributed by atoms with Crippen molar-refractivity contribution in [3.63, 3.8) is 0 Å². The molecule has 0 unspecified atom stereocenters. The Balaban J connectivity index is 2.01. The number of rotatable bonds is 2. The smallest absolute Gasteiger partial charge is 0.163 e. The molecule has 2 heterocycles. The Morgan fingerprint density at radius 2 is 1.61 bits per heavy atom. The highest BCUT2D eigenvalue weighted by atomic mass is 35.5. The second kappa shape index (κ2) is 5.52. The predicted molar refractivity (Wildman–Crippen MR) is 94.0 cm³/mol. The molecular weight excluding hydrogens is 306 g/mol. The molecule has 3 nitrogen and oxygen atoms in total. The van der Waals surface area contributed by atoms with E-state index in [0.29, 0.717) is 0 Å². The molecule has 0 radical (unpaired) electrons. The van der Waals surface area contributed by atoms with Crippen LogP contribution in [-0.2, 0) is 0 Å². The van der Waals surface area contributed by atoms with Crippen molar-refractivity contribution in [2.45, 2.75) is 6.92 Å². The van der Waals surface area contributed by atoms with Gasteiger partial charge in [0.15, 0.2) is 5.65 Å². The van der Waals surface area contributed by atoms with Crippen molar-refractivity contribution in [3.05, 3.63) is 77.4 Å². The van der Waals surface area contributed by atoms with Crippen molar-refractivity contribution in [3.8, 4) is 16.9 Å². The normalized spacial score (nSPS) is 11.0. The summed E-state index contributed by atoms with van der Waals surface area (Å²) in [6.07, 6.45) is 0. The summed E-state index contributed by atoms with van der Waals surface area (Å²) in [5, 5.41) is 6.56. The maximum atomic E-state index is 6.00. The van der Waals surface area contributed by atoms with Gasteiger partial charge in [-0.3, -0.25) is 0 Å². The zero-order chi connectivity index (χ0) is 15.8. The Morgan fingerprint density at radius 1 is 0.870 bits per heavy atom. The van der Waals surface area contributed by atoms with Gasteiger partial charge in [-0.05, 0) is 43.3 Å². The van der Waals surface area contributed by atoms with Gasteiger partial charge in [-0.1, -0.05) is 41.9 Å². The van der Waals surface area contributed by atoms with Crippen molar-refractivity contribution < 1.29 is 0 Å². The molecule has 2 aromatic heterocycles. The van der Waals surface area contributed by atoms with Crippen LogP contribution in [0.15, 0.2) is 66.7 Å². The van der Waals surface area contributed by atoms with E-state index >= 15 is 0 Å². The highest BCUT2D eigenvalue weighted by Crippen LogP contribution is 2.29. The molecule has 0 fully saturated rings. The van der Waals surface area contributed by atoms with Gasteiger partial charge in [0.25, 0.3) is 0 Å². The van der Waals surface area contributed by atoms with Crippen molar-refractivity contribution in [2.75, 3.05) is 0 Å². The van der Waals surface area contributed by atoms with Crippen molar-refractivity contribution in [2.24, 2.45) is 0 Å². The summed E-state index contributed by atoms with van der Waals surface area (Å²) >= 11 is 6.00. The van der Waals surface area contributed by atoms with Crippen LogP contribution < -0.4 is 0 Å². The van der Waals surface area contributed by atoms with E-state index in [2.05, 4.69) is 6.07 Å². The molecule has 4 rings (SSSR count). The molecule has 0 bridgehead atoms. The molecule has 0 aliphatic carbocycles. The first-order valence-electron chi connectivity index (χ1n) is 7.40. The number of halogens is 1. The van der Waals surface area contributed by atoms with Crippen LogP contribution in [0.4, 0.5) is 0 Å². The summed E-state index contributed by atoms with van der Waals surface area (Å²) in [5.41, 5.74) is 4.77. The molecule has 0 N–H and O–H groups in total. The average Bonchev–Trinajstić information content (AvgIpc) is 2.95. The van der Waals surface area contributed by atoms with Crippen LogP contribution in [0.3, 0.4) is 0 Å². The minimum absolute atomic E-state index is 0.717. The third-order valence-electron chi connectivity index (χ3n) is 3.79. The summed E-state index contributed by atoms with van der Waals surface area (Å²) in [4.78, 5) is 4.69. The lowest BCUT2D eigenvalue weighted by molar-refractivity contribution is 0.898. The number of pyridine rings is 1. The minimum atomic E-state index is 0.717. The standard InChI is InChI=1S/C19H14ClN3/c1-13-7-12-17-18(14-8-10-15(20)11-9-14)22-23(19(17)21-13)16-5-3-2-4-6-16/h2-12H,1H3. The molecule has 4 heteroatoms. The Kier molecular flexibility index (Phi) is 3.36. The fraction of sp³-hybridized carbons (Fsp3) is 0.0526. The molecule has 0 saturated heterocycles. The van der Waals surface area contributed by atoms with Crippen molar-refractivity contribution in [1.29, 1.82) is 0 Å². The lowest BCUT2D eigenvalue weighted by atomic mass is 10.1. The van der Waals surface area contributed by atoms with E-state index in [4.69, 9.17) is 21.7 Å². The molecule has 0 saturated carbocycles. The summed E-state index contributed by atoms with van der Waals surface area (Å²) in [5.74, 6) is 0. The van der Waals surface area contributed by atoms with E-state index in [0.717, 1.165) is 38.7 Å². The first kappa shape index (κ1) is 14.0. The monoisotopic (exact) mass is 319 g/mol. The average molecular weight is 320 g/mol. The van der Waals surface area contributed by atoms with Gasteiger partial charge in [0.2, 0.25) is 0 Å². The highest BCUT2D eigenvalue weighted by molar-refractivity contribution is 6.30. The third kappa shape index (κ3) is 2.49. The summed E-state index contributed by atoms with van der Waals surface area (Å²) in [7, 11) is 0. The Labute approximate surface area is 139 Å². The number of aryl methyl sites for hydroxylation is 1. The predicted octanol–water partition coefficient (Wildman–Crippen LogP) is 5.05. The Hall–Kier alpha value is -2.65. The Bertz CT molecular complexity index is 973. The van der Waals surface area contributed by atoms with E-state index in [9.17, 15) is 0 Å². The number of hydrogen-bond donors (Lipinski definition) is 0. The van der Waals surface area contributed by atoms with Crippen LogP contribution in [0.1, 0.15) is 5.69 Å². The number of fused-ring (bicyclic) bond motifs is 1. The number of aromatic nitrogens is 3. The molecule has 0 amide bonds. The SMILES string of the molecule is Cc1ccc2c(-c3ccc(Cl)cc3)nn(-c3ccccc3)c2n1. The van der Waals surface area contributed by atoms with Crippen LogP contribution >= 0.6 is 11.6 Å². The van der Waals surface area contributed by atoms with Gasteiger partial charge >= 0.3 is 0 Å². The van der Waals surface area contributed by atoms with Gasteiger partial charge in [0.1, 0.15) is 5.69 Å². The van der Waals surface area contributed by atoms with Crippen LogP contribution in [0.5, 0.6) is 0 Å². The zero-order valence-corrected chi connectivity index (χ0v) is 13.3. The molecule has 112 valence electrons. The van der Waals surface area contributed by atoms with E-state index in [1.54, 1.807) is 0 Å². The molecular formula is C19H14ClN3. The summed E-state index contributed by atoms with van der Waals surface area (Å²) < 4.78 is 1.90. The lowest BCUT2D eigenvalue weighted by Crippen LogP contribution is -1.97. The fourth-order valence-electron chi connectivity index (χ4n) is 2.66. The fourth-order valence-corrected chi connectivity index (χ4v) is 2.79. The van der Waals surface area contributed by atoms with E-state index < -0.39 is 0 Å². The molecule has 0 aliphatic heterocycles. The van der Waals surface area contributed by atoms with Crippen molar-refractivity contribution >= 4 is 22.6 Å². The van der Waals surface area contributed by atoms with Gasteiger partial charge in [-0.25, -0.2) is 9.67 Å². The second-order valence-electron chi connectivity index (χ2n) is 5.43. The molecule has 0 atom stereocenters. The van der Waals surface area contributed by atoms with E-state index in [-0.39, 0.29) is 0 Å². The van der Waals surface area contributed by atoms with Gasteiger partial charge in [-0.2, -0.15) is 5.10 Å². The topological polar surface area (TPSA) is 30.7 Å².